The second-order valence-electron chi connectivity index (χ2n) is 5.25. The van der Waals surface area contributed by atoms with Gasteiger partial charge in [-0.15, -0.1) is 0 Å². The molecular weight excluding hydrogens is 276 g/mol. The summed E-state index contributed by atoms with van der Waals surface area (Å²) in [4.78, 5) is 22.6. The van der Waals surface area contributed by atoms with E-state index in [2.05, 4.69) is 34.2 Å². The van der Waals surface area contributed by atoms with Gasteiger partial charge < -0.3 is 10.2 Å². The minimum atomic E-state index is -0.0963. The van der Waals surface area contributed by atoms with Crippen molar-refractivity contribution >= 4 is 11.6 Å². The molecule has 0 saturated carbocycles. The standard InChI is InChI=1S/C17H22N4O/c1-4-11-21(3)16-7-5-14(6-8-16)17(22)19-12-15-9-10-18-13(2)20-15/h5-10H,4,11-12H2,1-3H3,(H,19,22). The monoisotopic (exact) mass is 298 g/mol. The molecule has 1 N–H and O–H groups in total. The largest absolute Gasteiger partial charge is 0.375 e. The van der Waals surface area contributed by atoms with Crippen LogP contribution in [0.2, 0.25) is 0 Å². The smallest absolute Gasteiger partial charge is 0.251 e. The molecular formula is C17H22N4O. The van der Waals surface area contributed by atoms with Crippen LogP contribution in [0.5, 0.6) is 0 Å². The zero-order valence-electron chi connectivity index (χ0n) is 13.3. The van der Waals surface area contributed by atoms with Gasteiger partial charge >= 0.3 is 0 Å². The number of carbonyl (C=O) groups excluding carboxylic acids is 1. The molecule has 0 aliphatic heterocycles. The van der Waals surface area contributed by atoms with Gasteiger partial charge in [-0.3, -0.25) is 4.79 Å². The number of nitrogens with one attached hydrogen (secondary N) is 1. The average Bonchev–Trinajstić information content (AvgIpc) is 2.53. The highest BCUT2D eigenvalue weighted by Crippen LogP contribution is 2.14. The van der Waals surface area contributed by atoms with Gasteiger partial charge in [0.25, 0.3) is 5.91 Å². The van der Waals surface area contributed by atoms with E-state index >= 15 is 0 Å². The van der Waals surface area contributed by atoms with Crippen molar-refractivity contribution in [3.05, 3.63) is 53.6 Å². The maximum absolute atomic E-state index is 12.1. The Morgan fingerprint density at radius 3 is 2.59 bits per heavy atom. The third-order valence-corrected chi connectivity index (χ3v) is 3.39. The maximum atomic E-state index is 12.1. The SMILES string of the molecule is CCCN(C)c1ccc(C(=O)NCc2ccnc(C)n2)cc1. The molecule has 0 saturated heterocycles. The molecule has 2 rings (SSSR count). The van der Waals surface area contributed by atoms with Gasteiger partial charge in [0.05, 0.1) is 12.2 Å². The summed E-state index contributed by atoms with van der Waals surface area (Å²) in [5, 5.41) is 2.87. The third-order valence-electron chi connectivity index (χ3n) is 3.39. The number of amides is 1. The van der Waals surface area contributed by atoms with Crippen LogP contribution in [0, 0.1) is 6.92 Å². The van der Waals surface area contributed by atoms with Crippen LogP contribution in [-0.4, -0.2) is 29.5 Å². The first-order valence-corrected chi connectivity index (χ1v) is 7.48. The molecule has 1 heterocycles. The summed E-state index contributed by atoms with van der Waals surface area (Å²) in [6, 6.07) is 9.44. The average molecular weight is 298 g/mol. The molecule has 2 aromatic rings. The first-order chi connectivity index (χ1) is 10.6. The minimum absolute atomic E-state index is 0.0963. The van der Waals surface area contributed by atoms with E-state index in [4.69, 9.17) is 0 Å². The van der Waals surface area contributed by atoms with E-state index < -0.39 is 0 Å². The molecule has 0 spiro atoms. The van der Waals surface area contributed by atoms with E-state index in [-0.39, 0.29) is 5.91 Å². The lowest BCUT2D eigenvalue weighted by molar-refractivity contribution is 0.0950. The molecule has 0 fully saturated rings. The molecule has 1 aromatic heterocycles. The van der Waals surface area contributed by atoms with Gasteiger partial charge in [0.1, 0.15) is 5.82 Å². The Kier molecular flexibility index (Phi) is 5.47. The van der Waals surface area contributed by atoms with Crippen LogP contribution in [0.15, 0.2) is 36.5 Å². The Bertz CT molecular complexity index is 625. The van der Waals surface area contributed by atoms with E-state index in [1.807, 2.05) is 31.2 Å². The van der Waals surface area contributed by atoms with Gasteiger partial charge in [0, 0.05) is 31.0 Å². The van der Waals surface area contributed by atoms with Crippen LogP contribution in [-0.2, 0) is 6.54 Å². The lowest BCUT2D eigenvalue weighted by Crippen LogP contribution is -2.23. The molecule has 22 heavy (non-hydrogen) atoms. The summed E-state index contributed by atoms with van der Waals surface area (Å²) >= 11 is 0. The summed E-state index contributed by atoms with van der Waals surface area (Å²) in [5.41, 5.74) is 2.57. The number of hydrogen-bond acceptors (Lipinski definition) is 4. The fourth-order valence-electron chi connectivity index (χ4n) is 2.21. The molecule has 5 nitrogen and oxygen atoms in total. The second kappa shape index (κ2) is 7.54. The third kappa shape index (κ3) is 4.28. The Balaban J connectivity index is 1.95. The molecule has 0 bridgehead atoms. The fourth-order valence-corrected chi connectivity index (χ4v) is 2.21. The van der Waals surface area contributed by atoms with Crippen LogP contribution in [0.4, 0.5) is 5.69 Å². The van der Waals surface area contributed by atoms with Gasteiger partial charge in [-0.2, -0.15) is 0 Å². The predicted octanol–water partition coefficient (Wildman–Crippen LogP) is 2.56. The fraction of sp³-hybridized carbons (Fsp3) is 0.353. The van der Waals surface area contributed by atoms with Crippen LogP contribution in [0.3, 0.4) is 0 Å². The lowest BCUT2D eigenvalue weighted by Gasteiger charge is -2.18. The van der Waals surface area contributed by atoms with Crippen molar-refractivity contribution in [1.82, 2.24) is 15.3 Å². The normalized spacial score (nSPS) is 10.3. The molecule has 0 aliphatic carbocycles. The van der Waals surface area contributed by atoms with Crippen molar-refractivity contribution in [3.63, 3.8) is 0 Å². The molecule has 116 valence electrons. The molecule has 0 aliphatic rings. The van der Waals surface area contributed by atoms with E-state index in [9.17, 15) is 4.79 Å². The van der Waals surface area contributed by atoms with Crippen molar-refractivity contribution in [1.29, 1.82) is 0 Å². The van der Waals surface area contributed by atoms with E-state index in [0.717, 1.165) is 24.3 Å². The van der Waals surface area contributed by atoms with E-state index in [1.165, 1.54) is 0 Å². The predicted molar refractivity (Wildman–Crippen MR) is 87.9 cm³/mol. The summed E-state index contributed by atoms with van der Waals surface area (Å²) in [5.74, 6) is 0.607. The second-order valence-corrected chi connectivity index (χ2v) is 5.25. The molecule has 5 heteroatoms. The summed E-state index contributed by atoms with van der Waals surface area (Å²) in [6.45, 7) is 5.38. The summed E-state index contributed by atoms with van der Waals surface area (Å²) in [7, 11) is 2.05. The number of anilines is 1. The topological polar surface area (TPSA) is 58.1 Å². The number of aromatic nitrogens is 2. The molecule has 0 unspecified atom stereocenters. The zero-order valence-corrected chi connectivity index (χ0v) is 13.3. The highest BCUT2D eigenvalue weighted by molar-refractivity contribution is 5.94. The van der Waals surface area contributed by atoms with Crippen molar-refractivity contribution in [2.24, 2.45) is 0 Å². The lowest BCUT2D eigenvalue weighted by atomic mass is 10.2. The quantitative estimate of drug-likeness (QED) is 0.890. The van der Waals surface area contributed by atoms with Crippen molar-refractivity contribution < 1.29 is 4.79 Å². The number of nitrogens with zero attached hydrogens (tertiary/aromatic N) is 3. The molecule has 0 atom stereocenters. The van der Waals surface area contributed by atoms with E-state index in [1.54, 1.807) is 12.3 Å². The van der Waals surface area contributed by atoms with Gasteiger partial charge in [0.15, 0.2) is 0 Å². The minimum Gasteiger partial charge on any atom is -0.375 e. The number of benzene rings is 1. The van der Waals surface area contributed by atoms with E-state index in [0.29, 0.717) is 17.9 Å². The molecule has 0 radical (unpaired) electrons. The van der Waals surface area contributed by atoms with Crippen molar-refractivity contribution in [3.8, 4) is 0 Å². The highest BCUT2D eigenvalue weighted by Gasteiger charge is 2.07. The van der Waals surface area contributed by atoms with Gasteiger partial charge in [-0.25, -0.2) is 9.97 Å². The Morgan fingerprint density at radius 1 is 1.23 bits per heavy atom. The van der Waals surface area contributed by atoms with Crippen molar-refractivity contribution in [2.75, 3.05) is 18.5 Å². The Morgan fingerprint density at radius 2 is 1.95 bits per heavy atom. The van der Waals surface area contributed by atoms with Crippen LogP contribution >= 0.6 is 0 Å². The number of aryl methyl sites for hydroxylation is 1. The zero-order chi connectivity index (χ0) is 15.9. The van der Waals surface area contributed by atoms with Gasteiger partial charge in [-0.05, 0) is 43.7 Å². The summed E-state index contributed by atoms with van der Waals surface area (Å²) in [6.07, 6.45) is 2.79. The van der Waals surface area contributed by atoms with Gasteiger partial charge in [-0.1, -0.05) is 6.92 Å². The number of rotatable bonds is 6. The molecule has 1 amide bonds. The maximum Gasteiger partial charge on any atom is 0.251 e. The van der Waals surface area contributed by atoms with Crippen molar-refractivity contribution in [2.45, 2.75) is 26.8 Å². The molecule has 1 aromatic carbocycles. The Hall–Kier alpha value is -2.43. The first kappa shape index (κ1) is 15.9. The summed E-state index contributed by atoms with van der Waals surface area (Å²) < 4.78 is 0. The van der Waals surface area contributed by atoms with Crippen LogP contribution in [0.25, 0.3) is 0 Å². The first-order valence-electron chi connectivity index (χ1n) is 7.48. The highest BCUT2D eigenvalue weighted by atomic mass is 16.1. The number of carbonyl (C=O) groups is 1. The van der Waals surface area contributed by atoms with Crippen LogP contribution < -0.4 is 10.2 Å². The Labute approximate surface area is 131 Å². The van der Waals surface area contributed by atoms with Crippen LogP contribution in [0.1, 0.15) is 35.2 Å². The van der Waals surface area contributed by atoms with Gasteiger partial charge in [0.2, 0.25) is 0 Å². The number of hydrogen-bond donors (Lipinski definition) is 1.